The van der Waals surface area contributed by atoms with E-state index in [1.807, 2.05) is 0 Å². The molecule has 0 aliphatic rings. The van der Waals surface area contributed by atoms with Crippen molar-refractivity contribution in [2.45, 2.75) is 12.8 Å². The van der Waals surface area contributed by atoms with Gasteiger partial charge in [-0.1, -0.05) is 12.1 Å². The number of oxazole rings is 1. The van der Waals surface area contributed by atoms with Gasteiger partial charge in [-0.2, -0.15) is 0 Å². The highest BCUT2D eigenvalue weighted by molar-refractivity contribution is 5.81. The summed E-state index contributed by atoms with van der Waals surface area (Å²) >= 11 is 0. The Morgan fingerprint density at radius 1 is 1.36 bits per heavy atom. The van der Waals surface area contributed by atoms with Crippen molar-refractivity contribution in [2.24, 2.45) is 0 Å². The number of aromatic nitrogens is 1. The van der Waals surface area contributed by atoms with Gasteiger partial charge in [0.05, 0.1) is 18.4 Å². The van der Waals surface area contributed by atoms with Gasteiger partial charge in [0.25, 0.3) is 0 Å². The minimum Gasteiger partial charge on any atom is -0.480 e. The first kappa shape index (κ1) is 18.6. The zero-order valence-corrected chi connectivity index (χ0v) is 13.8. The predicted octanol–water partition coefficient (Wildman–Crippen LogP) is 1.97. The SMILES string of the molecule is COCCN(CC(=O)O)C(=O)CCc1ncc(-c2ccccc2F)o1. The molecule has 0 bridgehead atoms. The van der Waals surface area contributed by atoms with Gasteiger partial charge >= 0.3 is 5.97 Å². The summed E-state index contributed by atoms with van der Waals surface area (Å²) in [5, 5.41) is 8.87. The van der Waals surface area contributed by atoms with Crippen LogP contribution in [-0.2, 0) is 20.7 Å². The highest BCUT2D eigenvalue weighted by atomic mass is 19.1. The van der Waals surface area contributed by atoms with Gasteiger partial charge in [0.2, 0.25) is 5.91 Å². The second-order valence-electron chi connectivity index (χ2n) is 5.30. The van der Waals surface area contributed by atoms with Gasteiger partial charge in [-0.3, -0.25) is 9.59 Å². The summed E-state index contributed by atoms with van der Waals surface area (Å²) in [6.07, 6.45) is 1.63. The first-order chi connectivity index (χ1) is 12.0. The van der Waals surface area contributed by atoms with E-state index in [-0.39, 0.29) is 43.6 Å². The molecule has 1 aromatic heterocycles. The molecular weight excluding hydrogens is 331 g/mol. The largest absolute Gasteiger partial charge is 0.480 e. The van der Waals surface area contributed by atoms with Crippen molar-refractivity contribution in [3.8, 4) is 11.3 Å². The number of aryl methyl sites for hydroxylation is 1. The summed E-state index contributed by atoms with van der Waals surface area (Å²) in [4.78, 5) is 28.3. The molecule has 0 saturated heterocycles. The third kappa shape index (κ3) is 5.39. The van der Waals surface area contributed by atoms with Crippen molar-refractivity contribution in [2.75, 3.05) is 26.8 Å². The smallest absolute Gasteiger partial charge is 0.323 e. The fraction of sp³-hybridized carbons (Fsp3) is 0.353. The Hall–Kier alpha value is -2.74. The van der Waals surface area contributed by atoms with Crippen molar-refractivity contribution in [1.82, 2.24) is 9.88 Å². The molecule has 8 heteroatoms. The molecule has 1 N–H and O–H groups in total. The molecule has 134 valence electrons. The normalized spacial score (nSPS) is 10.6. The average molecular weight is 350 g/mol. The molecule has 0 atom stereocenters. The van der Waals surface area contributed by atoms with Crippen LogP contribution in [0.25, 0.3) is 11.3 Å². The van der Waals surface area contributed by atoms with Gasteiger partial charge in [-0.15, -0.1) is 0 Å². The molecule has 2 rings (SSSR count). The lowest BCUT2D eigenvalue weighted by Gasteiger charge is -2.19. The lowest BCUT2D eigenvalue weighted by Crippen LogP contribution is -2.38. The number of ether oxygens (including phenoxy) is 1. The number of carbonyl (C=O) groups excluding carboxylic acids is 1. The molecule has 0 saturated carbocycles. The lowest BCUT2D eigenvalue weighted by molar-refractivity contribution is -0.144. The van der Waals surface area contributed by atoms with Crippen LogP contribution in [-0.4, -0.2) is 53.7 Å². The third-order valence-electron chi connectivity index (χ3n) is 3.49. The molecule has 0 aliphatic heterocycles. The number of carbonyl (C=O) groups is 2. The highest BCUT2D eigenvalue weighted by Crippen LogP contribution is 2.23. The number of halogens is 1. The second kappa shape index (κ2) is 8.93. The van der Waals surface area contributed by atoms with E-state index in [0.717, 1.165) is 0 Å². The Labute approximate surface area is 144 Å². The standard InChI is InChI=1S/C17H19FN2O5/c1-24-9-8-20(11-17(22)23)16(21)7-6-15-19-10-14(25-15)12-4-2-3-5-13(12)18/h2-5,10H,6-9,11H2,1H3,(H,22,23). The average Bonchev–Trinajstić information content (AvgIpc) is 3.05. The Morgan fingerprint density at radius 2 is 2.12 bits per heavy atom. The summed E-state index contributed by atoms with van der Waals surface area (Å²) in [6, 6.07) is 6.15. The van der Waals surface area contributed by atoms with Crippen LogP contribution in [0.1, 0.15) is 12.3 Å². The van der Waals surface area contributed by atoms with E-state index in [1.165, 1.54) is 24.3 Å². The maximum absolute atomic E-state index is 13.7. The molecular formula is C17H19FN2O5. The van der Waals surface area contributed by atoms with Gasteiger partial charge in [0.15, 0.2) is 11.7 Å². The van der Waals surface area contributed by atoms with Gasteiger partial charge < -0.3 is 19.2 Å². The number of amides is 1. The van der Waals surface area contributed by atoms with Gasteiger partial charge in [-0.25, -0.2) is 9.37 Å². The monoisotopic (exact) mass is 350 g/mol. The van der Waals surface area contributed by atoms with E-state index in [0.29, 0.717) is 5.56 Å². The van der Waals surface area contributed by atoms with Crippen molar-refractivity contribution in [3.05, 3.63) is 42.2 Å². The number of methoxy groups -OCH3 is 1. The van der Waals surface area contributed by atoms with Crippen LogP contribution < -0.4 is 0 Å². The number of aliphatic carboxylic acids is 1. The maximum Gasteiger partial charge on any atom is 0.323 e. The molecule has 1 heterocycles. The Bertz CT molecular complexity index is 731. The Balaban J connectivity index is 1.97. The lowest BCUT2D eigenvalue weighted by atomic mass is 10.2. The summed E-state index contributed by atoms with van der Waals surface area (Å²) in [5.74, 6) is -1.29. The summed E-state index contributed by atoms with van der Waals surface area (Å²) in [5.41, 5.74) is 0.292. The van der Waals surface area contributed by atoms with E-state index in [4.69, 9.17) is 14.3 Å². The quantitative estimate of drug-likeness (QED) is 0.743. The van der Waals surface area contributed by atoms with Crippen LogP contribution in [0.3, 0.4) is 0 Å². The molecule has 25 heavy (non-hydrogen) atoms. The first-order valence-electron chi connectivity index (χ1n) is 7.69. The molecule has 0 unspecified atom stereocenters. The number of benzene rings is 1. The van der Waals surface area contributed by atoms with Crippen LogP contribution in [0.5, 0.6) is 0 Å². The molecule has 0 fully saturated rings. The molecule has 1 amide bonds. The molecule has 1 aromatic carbocycles. The first-order valence-corrected chi connectivity index (χ1v) is 7.69. The summed E-state index contributed by atoms with van der Waals surface area (Å²) in [7, 11) is 1.47. The van der Waals surface area contributed by atoms with Gasteiger partial charge in [-0.05, 0) is 12.1 Å². The van der Waals surface area contributed by atoms with E-state index >= 15 is 0 Å². The van der Waals surface area contributed by atoms with E-state index in [1.54, 1.807) is 18.2 Å². The molecule has 2 aromatic rings. The molecule has 0 radical (unpaired) electrons. The Morgan fingerprint density at radius 3 is 2.80 bits per heavy atom. The number of hydrogen-bond acceptors (Lipinski definition) is 5. The fourth-order valence-electron chi connectivity index (χ4n) is 2.24. The van der Waals surface area contributed by atoms with Crippen LogP contribution in [0.4, 0.5) is 4.39 Å². The van der Waals surface area contributed by atoms with Gasteiger partial charge in [0, 0.05) is 26.5 Å². The fourth-order valence-corrected chi connectivity index (χ4v) is 2.24. The summed E-state index contributed by atoms with van der Waals surface area (Å²) < 4.78 is 24.1. The van der Waals surface area contributed by atoms with E-state index in [9.17, 15) is 14.0 Å². The van der Waals surface area contributed by atoms with Crippen LogP contribution in [0, 0.1) is 5.82 Å². The van der Waals surface area contributed by atoms with Gasteiger partial charge in [0.1, 0.15) is 12.4 Å². The van der Waals surface area contributed by atoms with Crippen LogP contribution in [0.15, 0.2) is 34.9 Å². The van der Waals surface area contributed by atoms with E-state index < -0.39 is 18.3 Å². The molecule has 0 spiro atoms. The van der Waals surface area contributed by atoms with Crippen molar-refractivity contribution >= 4 is 11.9 Å². The van der Waals surface area contributed by atoms with Crippen molar-refractivity contribution < 1.29 is 28.2 Å². The molecule has 7 nitrogen and oxygen atoms in total. The maximum atomic E-state index is 13.7. The summed E-state index contributed by atoms with van der Waals surface area (Å²) in [6.45, 7) is 0.0391. The minimum atomic E-state index is -1.09. The van der Waals surface area contributed by atoms with E-state index in [2.05, 4.69) is 4.98 Å². The minimum absolute atomic E-state index is 0.0359. The molecule has 0 aliphatic carbocycles. The van der Waals surface area contributed by atoms with Crippen LogP contribution >= 0.6 is 0 Å². The van der Waals surface area contributed by atoms with Crippen molar-refractivity contribution in [1.29, 1.82) is 0 Å². The number of nitrogens with zero attached hydrogens (tertiary/aromatic N) is 2. The zero-order valence-electron chi connectivity index (χ0n) is 13.8. The number of carboxylic acid groups (broad SMARTS) is 1. The highest BCUT2D eigenvalue weighted by Gasteiger charge is 2.18. The number of hydrogen-bond donors (Lipinski definition) is 1. The number of carboxylic acids is 1. The zero-order chi connectivity index (χ0) is 18.2. The Kier molecular flexibility index (Phi) is 6.64. The second-order valence-corrected chi connectivity index (χ2v) is 5.30. The predicted molar refractivity (Wildman–Crippen MR) is 86.3 cm³/mol. The van der Waals surface area contributed by atoms with Crippen molar-refractivity contribution in [3.63, 3.8) is 0 Å². The third-order valence-corrected chi connectivity index (χ3v) is 3.49. The topological polar surface area (TPSA) is 92.9 Å². The number of rotatable bonds is 9. The van der Waals surface area contributed by atoms with Crippen LogP contribution in [0.2, 0.25) is 0 Å².